The van der Waals surface area contributed by atoms with Crippen molar-refractivity contribution in [3.63, 3.8) is 0 Å². The first kappa shape index (κ1) is 11.4. The number of hydrogen-bond acceptors (Lipinski definition) is 2. The van der Waals surface area contributed by atoms with Crippen molar-refractivity contribution in [3.8, 4) is 0 Å². The number of carbonyl (C=O) groups excluding carboxylic acids is 1. The van der Waals surface area contributed by atoms with E-state index >= 15 is 0 Å². The maximum absolute atomic E-state index is 13.2. The molecule has 0 saturated carbocycles. The SMILES string of the molecule is NC1CCN(C(=O)c2ccc(Cl)c(F)c2)C1. The monoisotopic (exact) mass is 242 g/mol. The normalized spacial score (nSPS) is 20.2. The Morgan fingerprint density at radius 2 is 2.31 bits per heavy atom. The first-order valence-electron chi connectivity index (χ1n) is 5.08. The van der Waals surface area contributed by atoms with Crippen molar-refractivity contribution in [3.05, 3.63) is 34.6 Å². The van der Waals surface area contributed by atoms with Gasteiger partial charge in [0.2, 0.25) is 0 Å². The van der Waals surface area contributed by atoms with Crippen molar-refractivity contribution in [1.29, 1.82) is 0 Å². The molecular weight excluding hydrogens is 231 g/mol. The lowest BCUT2D eigenvalue weighted by atomic mass is 10.2. The van der Waals surface area contributed by atoms with E-state index in [0.717, 1.165) is 12.5 Å². The van der Waals surface area contributed by atoms with Crippen LogP contribution in [-0.2, 0) is 0 Å². The van der Waals surface area contributed by atoms with Crippen LogP contribution >= 0.6 is 11.6 Å². The standard InChI is InChI=1S/C11H12ClFN2O/c12-9-2-1-7(5-10(9)13)11(16)15-4-3-8(14)6-15/h1-2,5,8H,3-4,6,14H2. The Morgan fingerprint density at radius 3 is 2.88 bits per heavy atom. The van der Waals surface area contributed by atoms with Gasteiger partial charge in [-0.1, -0.05) is 11.6 Å². The van der Waals surface area contributed by atoms with Crippen LogP contribution in [0.25, 0.3) is 0 Å². The van der Waals surface area contributed by atoms with Crippen LogP contribution in [0.15, 0.2) is 18.2 Å². The van der Waals surface area contributed by atoms with Gasteiger partial charge in [0.15, 0.2) is 0 Å². The Morgan fingerprint density at radius 1 is 1.56 bits per heavy atom. The topological polar surface area (TPSA) is 46.3 Å². The second-order valence-corrected chi connectivity index (χ2v) is 4.34. The van der Waals surface area contributed by atoms with Gasteiger partial charge in [0.05, 0.1) is 5.02 Å². The maximum Gasteiger partial charge on any atom is 0.254 e. The van der Waals surface area contributed by atoms with E-state index in [1.54, 1.807) is 4.90 Å². The number of carbonyl (C=O) groups is 1. The zero-order valence-corrected chi connectivity index (χ0v) is 9.38. The van der Waals surface area contributed by atoms with Gasteiger partial charge in [0.1, 0.15) is 5.82 Å². The highest BCUT2D eigenvalue weighted by Gasteiger charge is 2.24. The van der Waals surface area contributed by atoms with Crippen LogP contribution in [0.3, 0.4) is 0 Å². The van der Waals surface area contributed by atoms with E-state index < -0.39 is 5.82 Å². The van der Waals surface area contributed by atoms with E-state index in [9.17, 15) is 9.18 Å². The fourth-order valence-corrected chi connectivity index (χ4v) is 1.90. The van der Waals surface area contributed by atoms with Gasteiger partial charge in [-0.05, 0) is 24.6 Å². The zero-order chi connectivity index (χ0) is 11.7. The summed E-state index contributed by atoms with van der Waals surface area (Å²) in [7, 11) is 0. The van der Waals surface area contributed by atoms with Crippen LogP contribution in [0.5, 0.6) is 0 Å². The van der Waals surface area contributed by atoms with Gasteiger partial charge in [-0.15, -0.1) is 0 Å². The van der Waals surface area contributed by atoms with Crippen LogP contribution in [0.1, 0.15) is 16.8 Å². The van der Waals surface area contributed by atoms with Gasteiger partial charge in [-0.2, -0.15) is 0 Å². The fraction of sp³-hybridized carbons (Fsp3) is 0.364. The van der Waals surface area contributed by atoms with E-state index in [2.05, 4.69) is 0 Å². The summed E-state index contributed by atoms with van der Waals surface area (Å²) in [5.74, 6) is -0.764. The van der Waals surface area contributed by atoms with Gasteiger partial charge >= 0.3 is 0 Å². The maximum atomic E-state index is 13.2. The molecule has 1 aliphatic heterocycles. The number of halogens is 2. The molecule has 1 aromatic carbocycles. The van der Waals surface area contributed by atoms with E-state index in [4.69, 9.17) is 17.3 Å². The highest BCUT2D eigenvalue weighted by Crippen LogP contribution is 2.18. The lowest BCUT2D eigenvalue weighted by Gasteiger charge is -2.15. The van der Waals surface area contributed by atoms with E-state index in [1.165, 1.54) is 12.1 Å². The Kier molecular flexibility index (Phi) is 3.12. The molecule has 1 unspecified atom stereocenters. The van der Waals surface area contributed by atoms with Crippen LogP contribution in [0.4, 0.5) is 4.39 Å². The lowest BCUT2D eigenvalue weighted by Crippen LogP contribution is -2.31. The summed E-state index contributed by atoms with van der Waals surface area (Å²) in [6.07, 6.45) is 0.793. The third-order valence-electron chi connectivity index (χ3n) is 2.68. The Labute approximate surface area is 98.0 Å². The second-order valence-electron chi connectivity index (χ2n) is 3.93. The highest BCUT2D eigenvalue weighted by molar-refractivity contribution is 6.30. The minimum absolute atomic E-state index is 0.0228. The van der Waals surface area contributed by atoms with Crippen molar-refractivity contribution in [2.24, 2.45) is 5.73 Å². The predicted octanol–water partition coefficient (Wildman–Crippen LogP) is 1.65. The number of nitrogens with zero attached hydrogens (tertiary/aromatic N) is 1. The predicted molar refractivity (Wildman–Crippen MR) is 59.9 cm³/mol. The largest absolute Gasteiger partial charge is 0.337 e. The molecule has 2 rings (SSSR count). The molecule has 0 spiro atoms. The van der Waals surface area contributed by atoms with E-state index in [1.807, 2.05) is 0 Å². The summed E-state index contributed by atoms with van der Waals surface area (Å²) in [6, 6.07) is 4.10. The number of benzene rings is 1. The van der Waals surface area contributed by atoms with Crippen molar-refractivity contribution in [1.82, 2.24) is 4.90 Å². The highest BCUT2D eigenvalue weighted by atomic mass is 35.5. The molecule has 0 radical (unpaired) electrons. The van der Waals surface area contributed by atoms with Crippen molar-refractivity contribution < 1.29 is 9.18 Å². The van der Waals surface area contributed by atoms with Crippen molar-refractivity contribution >= 4 is 17.5 Å². The molecule has 0 aliphatic carbocycles. The summed E-state index contributed by atoms with van der Waals surface area (Å²) >= 11 is 5.55. The van der Waals surface area contributed by atoms with Gasteiger partial charge in [-0.3, -0.25) is 4.79 Å². The minimum atomic E-state index is -0.573. The number of nitrogens with two attached hydrogens (primary N) is 1. The average Bonchev–Trinajstić information content (AvgIpc) is 2.68. The minimum Gasteiger partial charge on any atom is -0.337 e. The molecule has 0 aromatic heterocycles. The Hall–Kier alpha value is -1.13. The molecule has 86 valence electrons. The molecular formula is C11H12ClFN2O. The van der Waals surface area contributed by atoms with Gasteiger partial charge in [0.25, 0.3) is 5.91 Å². The summed E-state index contributed by atoms with van der Waals surface area (Å²) < 4.78 is 13.2. The molecule has 1 fully saturated rings. The molecule has 16 heavy (non-hydrogen) atoms. The zero-order valence-electron chi connectivity index (χ0n) is 8.62. The van der Waals surface area contributed by atoms with Crippen LogP contribution in [0, 0.1) is 5.82 Å². The fourth-order valence-electron chi connectivity index (χ4n) is 1.78. The number of rotatable bonds is 1. The molecule has 1 aromatic rings. The van der Waals surface area contributed by atoms with Crippen LogP contribution in [0.2, 0.25) is 5.02 Å². The first-order chi connectivity index (χ1) is 7.58. The van der Waals surface area contributed by atoms with Crippen LogP contribution in [-0.4, -0.2) is 29.9 Å². The summed E-state index contributed by atoms with van der Waals surface area (Å²) in [4.78, 5) is 13.5. The van der Waals surface area contributed by atoms with Gasteiger partial charge in [0, 0.05) is 24.7 Å². The molecule has 1 saturated heterocycles. The quantitative estimate of drug-likeness (QED) is 0.814. The van der Waals surface area contributed by atoms with Crippen molar-refractivity contribution in [2.75, 3.05) is 13.1 Å². The van der Waals surface area contributed by atoms with E-state index in [-0.39, 0.29) is 17.0 Å². The molecule has 3 nitrogen and oxygen atoms in total. The molecule has 0 bridgehead atoms. The Bertz CT molecular complexity index is 424. The van der Waals surface area contributed by atoms with Crippen LogP contribution < -0.4 is 5.73 Å². The molecule has 1 heterocycles. The number of amides is 1. The summed E-state index contributed by atoms with van der Waals surface area (Å²) in [5, 5.41) is 0.0228. The Balaban J connectivity index is 2.18. The molecule has 5 heteroatoms. The molecule has 2 N–H and O–H groups in total. The second kappa shape index (κ2) is 4.39. The summed E-state index contributed by atoms with van der Waals surface area (Å²) in [5.41, 5.74) is 6.02. The average molecular weight is 243 g/mol. The number of likely N-dealkylation sites (tertiary alicyclic amines) is 1. The van der Waals surface area contributed by atoms with Gasteiger partial charge < -0.3 is 10.6 Å². The molecule has 1 amide bonds. The molecule has 1 aliphatic rings. The first-order valence-corrected chi connectivity index (χ1v) is 5.45. The number of hydrogen-bond donors (Lipinski definition) is 1. The third kappa shape index (κ3) is 2.18. The van der Waals surface area contributed by atoms with Gasteiger partial charge in [-0.25, -0.2) is 4.39 Å². The molecule has 1 atom stereocenters. The third-order valence-corrected chi connectivity index (χ3v) is 2.98. The van der Waals surface area contributed by atoms with Crippen molar-refractivity contribution in [2.45, 2.75) is 12.5 Å². The van der Waals surface area contributed by atoms with E-state index in [0.29, 0.717) is 18.7 Å². The summed E-state index contributed by atoms with van der Waals surface area (Å²) in [6.45, 7) is 1.16. The lowest BCUT2D eigenvalue weighted by molar-refractivity contribution is 0.0790. The smallest absolute Gasteiger partial charge is 0.254 e.